The third kappa shape index (κ3) is 4.86. The van der Waals surface area contributed by atoms with E-state index in [9.17, 15) is 58.2 Å². The molecule has 37 heavy (non-hydrogen) atoms. The van der Waals surface area contributed by atoms with Crippen molar-refractivity contribution in [3.63, 3.8) is 0 Å². The normalized spacial score (nSPS) is 11.8. The number of carbonyl (C=O) groups excluding carboxylic acids is 1. The summed E-state index contributed by atoms with van der Waals surface area (Å²) in [6, 6.07) is 0.489. The number of alkyl halides is 6. The third-order valence-corrected chi connectivity index (χ3v) is 4.78. The van der Waals surface area contributed by atoms with Crippen LogP contribution in [0.15, 0.2) is 12.1 Å². The van der Waals surface area contributed by atoms with E-state index in [1.54, 1.807) is 0 Å². The molecule has 0 saturated heterocycles. The Balaban J connectivity index is 0.00000481. The van der Waals surface area contributed by atoms with Crippen molar-refractivity contribution < 1.29 is 75.3 Å². The molecular formula is C20H6CuF11N3O2. The summed E-state index contributed by atoms with van der Waals surface area (Å²) >= 11 is 0. The maximum atomic E-state index is 14.1. The predicted octanol–water partition coefficient (Wildman–Crippen LogP) is 5.72. The van der Waals surface area contributed by atoms with E-state index in [2.05, 4.69) is 5.10 Å². The van der Waals surface area contributed by atoms with Crippen molar-refractivity contribution in [2.45, 2.75) is 19.3 Å². The second-order valence-electron chi connectivity index (χ2n) is 7.00. The maximum Gasteiger partial charge on any atom is 0.417 e. The first-order chi connectivity index (χ1) is 16.4. The zero-order valence-corrected chi connectivity index (χ0v) is 18.3. The number of nitriles is 1. The van der Waals surface area contributed by atoms with E-state index in [1.165, 1.54) is 0 Å². The van der Waals surface area contributed by atoms with Gasteiger partial charge in [0.2, 0.25) is 11.7 Å². The van der Waals surface area contributed by atoms with Gasteiger partial charge < -0.3 is 5.11 Å². The molecule has 0 aliphatic rings. The summed E-state index contributed by atoms with van der Waals surface area (Å²) in [4.78, 5) is 12.8. The molecule has 0 aliphatic heterocycles. The van der Waals surface area contributed by atoms with Crippen LogP contribution in [0.25, 0.3) is 5.69 Å². The number of aromatic hydroxyl groups is 1. The molecule has 0 bridgehead atoms. The number of hydrogen-bond donors (Lipinski definition) is 1. The Labute approximate surface area is 208 Å². The number of hydrogen-bond acceptors (Lipinski definition) is 4. The zero-order valence-electron chi connectivity index (χ0n) is 17.3. The zero-order chi connectivity index (χ0) is 27.5. The van der Waals surface area contributed by atoms with Gasteiger partial charge in [0.05, 0.1) is 22.4 Å². The summed E-state index contributed by atoms with van der Waals surface area (Å²) in [5.41, 5.74) is -11.4. The first-order valence-corrected chi connectivity index (χ1v) is 9.01. The minimum atomic E-state index is -5.56. The summed E-state index contributed by atoms with van der Waals surface area (Å²) in [6.07, 6.45) is -11.1. The third-order valence-electron chi connectivity index (χ3n) is 4.78. The average Bonchev–Trinajstić information content (AvgIpc) is 3.07. The molecule has 0 amide bonds. The molecule has 5 nitrogen and oxygen atoms in total. The Kier molecular flexibility index (Phi) is 7.73. The monoisotopic (exact) mass is 592 g/mol. The van der Waals surface area contributed by atoms with E-state index in [4.69, 9.17) is 5.26 Å². The molecule has 0 aliphatic carbocycles. The summed E-state index contributed by atoms with van der Waals surface area (Å²) in [5.74, 6) is -16.0. The topological polar surface area (TPSA) is 78.9 Å². The number of benzene rings is 2. The van der Waals surface area contributed by atoms with E-state index in [0.717, 1.165) is 13.0 Å². The average molecular weight is 593 g/mol. The van der Waals surface area contributed by atoms with Gasteiger partial charge in [0.25, 0.3) is 0 Å². The van der Waals surface area contributed by atoms with E-state index in [1.807, 2.05) is 0 Å². The Bertz CT molecular complexity index is 1410. The van der Waals surface area contributed by atoms with Gasteiger partial charge in [-0.25, -0.2) is 22.0 Å². The van der Waals surface area contributed by atoms with E-state index < -0.39 is 92.3 Å². The number of aryl methyl sites for hydroxylation is 1. The van der Waals surface area contributed by atoms with Crippen LogP contribution in [-0.4, -0.2) is 20.7 Å². The largest absolute Gasteiger partial charge is 0.493 e. The fraction of sp³-hybridized carbons (Fsp3) is 0.150. The molecule has 17 heteroatoms. The van der Waals surface area contributed by atoms with Gasteiger partial charge in [0.1, 0.15) is 17.3 Å². The Hall–Kier alpha value is -3.64. The molecule has 1 radical (unpaired) electrons. The Morgan fingerprint density at radius 1 is 0.892 bits per heavy atom. The molecular weight excluding hydrogens is 587 g/mol. The van der Waals surface area contributed by atoms with Gasteiger partial charge in [-0.05, 0) is 19.1 Å². The van der Waals surface area contributed by atoms with Crippen molar-refractivity contribution in [3.8, 4) is 17.6 Å². The fourth-order valence-electron chi connectivity index (χ4n) is 3.20. The summed E-state index contributed by atoms with van der Waals surface area (Å²) < 4.78 is 148. The Morgan fingerprint density at radius 2 is 1.30 bits per heavy atom. The summed E-state index contributed by atoms with van der Waals surface area (Å²) in [6.45, 7) is 0.800. The number of aromatic nitrogens is 2. The van der Waals surface area contributed by atoms with Crippen LogP contribution in [0.3, 0.4) is 0 Å². The van der Waals surface area contributed by atoms with E-state index >= 15 is 0 Å². The van der Waals surface area contributed by atoms with Crippen molar-refractivity contribution in [3.05, 3.63) is 74.7 Å². The molecule has 3 aromatic rings. The van der Waals surface area contributed by atoms with Crippen LogP contribution in [0.4, 0.5) is 48.3 Å². The first-order valence-electron chi connectivity index (χ1n) is 9.01. The number of rotatable bonds is 3. The van der Waals surface area contributed by atoms with Gasteiger partial charge >= 0.3 is 12.4 Å². The molecule has 2 aromatic carbocycles. The van der Waals surface area contributed by atoms with E-state index in [0.29, 0.717) is 0 Å². The van der Waals surface area contributed by atoms with Crippen LogP contribution in [0.1, 0.15) is 38.3 Å². The quantitative estimate of drug-likeness (QED) is 0.139. The number of nitrogens with zero attached hydrogens (tertiary/aromatic N) is 3. The second kappa shape index (κ2) is 9.67. The molecule has 1 aromatic heterocycles. The van der Waals surface area contributed by atoms with E-state index in [-0.39, 0.29) is 33.9 Å². The summed E-state index contributed by atoms with van der Waals surface area (Å²) in [7, 11) is 0. The molecule has 1 heterocycles. The van der Waals surface area contributed by atoms with Crippen molar-refractivity contribution in [1.82, 2.24) is 9.78 Å². The van der Waals surface area contributed by atoms with Gasteiger partial charge in [-0.15, -0.1) is 0 Å². The van der Waals surface area contributed by atoms with Crippen molar-refractivity contribution >= 4 is 5.78 Å². The van der Waals surface area contributed by atoms with Crippen LogP contribution in [0.2, 0.25) is 0 Å². The van der Waals surface area contributed by atoms with Crippen LogP contribution in [0, 0.1) is 47.3 Å². The number of halogens is 11. The van der Waals surface area contributed by atoms with Gasteiger partial charge in [-0.3, -0.25) is 4.79 Å². The molecule has 0 fully saturated rings. The number of ketones is 1. The predicted molar refractivity (Wildman–Crippen MR) is 94.3 cm³/mol. The molecule has 0 unspecified atom stereocenters. The molecule has 0 spiro atoms. The van der Waals surface area contributed by atoms with Crippen LogP contribution in [-0.2, 0) is 29.4 Å². The fourth-order valence-corrected chi connectivity index (χ4v) is 3.20. The first kappa shape index (κ1) is 29.6. The van der Waals surface area contributed by atoms with Crippen molar-refractivity contribution in [1.29, 1.82) is 5.26 Å². The molecule has 201 valence electrons. The van der Waals surface area contributed by atoms with Gasteiger partial charge in [0.15, 0.2) is 29.1 Å². The standard InChI is InChI=1S/C20H6F11N3O2.Cu/c1-5-10(18(36)34(33-5)16-14(24)12(22)11(21)13(23)15(16)25)17(35)6-2-8(19(26,27)28)7(4-32)9(3-6)20(29,30)31;/h2-3,36H,1H3;. The molecule has 3 rings (SSSR count). The Morgan fingerprint density at radius 3 is 1.68 bits per heavy atom. The van der Waals surface area contributed by atoms with Gasteiger partial charge in [0, 0.05) is 22.6 Å². The molecule has 0 saturated carbocycles. The smallest absolute Gasteiger partial charge is 0.417 e. The molecule has 1 N–H and O–H groups in total. The van der Waals surface area contributed by atoms with Crippen molar-refractivity contribution in [2.75, 3.05) is 0 Å². The summed E-state index contributed by atoms with van der Waals surface area (Å²) in [5, 5.41) is 22.4. The van der Waals surface area contributed by atoms with Gasteiger partial charge in [-0.1, -0.05) is 0 Å². The van der Waals surface area contributed by atoms with Crippen LogP contribution in [0.5, 0.6) is 5.88 Å². The molecule has 0 atom stereocenters. The SMILES string of the molecule is Cc1nn(-c2c(F)c(F)c(F)c(F)c2F)c(O)c1C(=O)c1cc(C(F)(F)F)c(C#N)c(C(F)(F)F)c1.[Cu]. The minimum absolute atomic E-state index is 0. The second-order valence-corrected chi connectivity index (χ2v) is 7.00. The minimum Gasteiger partial charge on any atom is -0.493 e. The van der Waals surface area contributed by atoms with Crippen molar-refractivity contribution in [2.24, 2.45) is 0 Å². The van der Waals surface area contributed by atoms with Crippen LogP contribution >= 0.6 is 0 Å². The number of carbonyl (C=O) groups is 1. The van der Waals surface area contributed by atoms with Crippen LogP contribution < -0.4 is 0 Å². The van der Waals surface area contributed by atoms with Gasteiger partial charge in [-0.2, -0.15) is 41.4 Å². The maximum absolute atomic E-state index is 14.1.